The van der Waals surface area contributed by atoms with E-state index >= 15 is 0 Å². The van der Waals surface area contributed by atoms with Gasteiger partial charge in [0.1, 0.15) is 5.82 Å². The largest absolute Gasteiger partial charge is 0.340 e. The first-order valence-corrected chi connectivity index (χ1v) is 6.91. The molecule has 20 heavy (non-hydrogen) atoms. The zero-order valence-corrected chi connectivity index (χ0v) is 11.6. The second-order valence-corrected chi connectivity index (χ2v) is 4.78. The minimum absolute atomic E-state index is 0.703. The van der Waals surface area contributed by atoms with Crippen LogP contribution in [0.25, 0.3) is 10.9 Å². The van der Waals surface area contributed by atoms with Crippen molar-refractivity contribution in [1.29, 1.82) is 0 Å². The van der Waals surface area contributed by atoms with E-state index in [0.29, 0.717) is 6.54 Å². The van der Waals surface area contributed by atoms with E-state index in [1.165, 1.54) is 16.5 Å². The van der Waals surface area contributed by atoms with Crippen molar-refractivity contribution in [2.75, 3.05) is 6.54 Å². The Morgan fingerprint density at radius 3 is 2.80 bits per heavy atom. The van der Waals surface area contributed by atoms with E-state index < -0.39 is 0 Å². The average Bonchev–Trinajstić information content (AvgIpc) is 2.89. The summed E-state index contributed by atoms with van der Waals surface area (Å²) in [5.74, 6) is 0.835. The van der Waals surface area contributed by atoms with Gasteiger partial charge in [0, 0.05) is 30.7 Å². The van der Waals surface area contributed by atoms with Crippen LogP contribution in [0, 0.1) is 0 Å². The third-order valence-electron chi connectivity index (χ3n) is 3.35. The number of hydrogen-bond acceptors (Lipinski definition) is 3. The molecule has 3 rings (SSSR count). The highest BCUT2D eigenvalue weighted by Crippen LogP contribution is 2.18. The molecular formula is C16H18N4. The maximum absolute atomic E-state index is 4.29. The summed E-state index contributed by atoms with van der Waals surface area (Å²) in [6.07, 6.45) is 5.66. The van der Waals surface area contributed by atoms with Crippen molar-refractivity contribution < 1.29 is 0 Å². The maximum atomic E-state index is 4.29. The fraction of sp³-hybridized carbons (Fsp3) is 0.250. The molecule has 0 radical (unpaired) electrons. The van der Waals surface area contributed by atoms with Crippen molar-refractivity contribution in [3.63, 3.8) is 0 Å². The van der Waals surface area contributed by atoms with E-state index in [0.717, 1.165) is 18.9 Å². The van der Waals surface area contributed by atoms with Gasteiger partial charge in [-0.15, -0.1) is 0 Å². The zero-order valence-electron chi connectivity index (χ0n) is 11.6. The Balaban J connectivity index is 1.90. The predicted molar refractivity (Wildman–Crippen MR) is 80.5 cm³/mol. The molecule has 0 bridgehead atoms. The highest BCUT2D eigenvalue weighted by molar-refractivity contribution is 5.80. The molecule has 102 valence electrons. The molecule has 0 aliphatic carbocycles. The normalized spacial score (nSPS) is 11.1. The molecule has 0 amide bonds. The quantitative estimate of drug-likeness (QED) is 0.772. The Morgan fingerprint density at radius 2 is 2.00 bits per heavy atom. The fourth-order valence-corrected chi connectivity index (χ4v) is 2.31. The van der Waals surface area contributed by atoms with Crippen LogP contribution in [-0.4, -0.2) is 21.1 Å². The highest BCUT2D eigenvalue weighted by atomic mass is 15.0. The average molecular weight is 266 g/mol. The summed E-state index contributed by atoms with van der Waals surface area (Å²) in [4.78, 5) is 8.58. The minimum atomic E-state index is 0.703. The van der Waals surface area contributed by atoms with Gasteiger partial charge in [0.25, 0.3) is 0 Å². The number of aromatic nitrogens is 3. The molecule has 1 N–H and O–H groups in total. The molecule has 1 aromatic carbocycles. The van der Waals surface area contributed by atoms with Gasteiger partial charge in [-0.1, -0.05) is 19.1 Å². The standard InChI is InChI=1S/C16H18N4/c1-2-17-11-13-4-5-14-6-9-20(15(14)10-13)12-16-18-7-3-8-19-16/h3-10,17H,2,11-12H2,1H3. The third kappa shape index (κ3) is 2.70. The van der Waals surface area contributed by atoms with Crippen molar-refractivity contribution in [3.8, 4) is 0 Å². The first kappa shape index (κ1) is 12.8. The summed E-state index contributed by atoms with van der Waals surface area (Å²) in [6.45, 7) is 4.71. The van der Waals surface area contributed by atoms with Crippen LogP contribution in [0.1, 0.15) is 18.3 Å². The van der Waals surface area contributed by atoms with E-state index in [2.05, 4.69) is 57.2 Å². The second kappa shape index (κ2) is 5.84. The van der Waals surface area contributed by atoms with E-state index in [1.807, 2.05) is 6.07 Å². The SMILES string of the molecule is CCNCc1ccc2ccn(Cc3ncccn3)c2c1. The van der Waals surface area contributed by atoms with Gasteiger partial charge in [-0.05, 0) is 35.7 Å². The molecule has 0 aliphatic heterocycles. The van der Waals surface area contributed by atoms with Gasteiger partial charge in [-0.3, -0.25) is 0 Å². The number of hydrogen-bond donors (Lipinski definition) is 1. The van der Waals surface area contributed by atoms with Crippen molar-refractivity contribution in [1.82, 2.24) is 19.9 Å². The zero-order chi connectivity index (χ0) is 13.8. The van der Waals surface area contributed by atoms with Crippen LogP contribution in [0.15, 0.2) is 48.9 Å². The van der Waals surface area contributed by atoms with Crippen LogP contribution < -0.4 is 5.32 Å². The van der Waals surface area contributed by atoms with Crippen molar-refractivity contribution in [2.24, 2.45) is 0 Å². The summed E-state index contributed by atoms with van der Waals surface area (Å²) < 4.78 is 2.19. The van der Waals surface area contributed by atoms with E-state index in [9.17, 15) is 0 Å². The molecule has 0 aliphatic rings. The van der Waals surface area contributed by atoms with Gasteiger partial charge in [-0.25, -0.2) is 9.97 Å². The summed E-state index contributed by atoms with van der Waals surface area (Å²) in [6, 6.07) is 10.6. The van der Waals surface area contributed by atoms with Crippen LogP contribution >= 0.6 is 0 Å². The van der Waals surface area contributed by atoms with Crippen molar-refractivity contribution in [3.05, 3.63) is 60.3 Å². The molecule has 0 atom stereocenters. The monoisotopic (exact) mass is 266 g/mol. The smallest absolute Gasteiger partial charge is 0.147 e. The van der Waals surface area contributed by atoms with Crippen molar-refractivity contribution >= 4 is 10.9 Å². The van der Waals surface area contributed by atoms with Crippen LogP contribution in [0.4, 0.5) is 0 Å². The van der Waals surface area contributed by atoms with E-state index in [1.54, 1.807) is 12.4 Å². The van der Waals surface area contributed by atoms with Crippen LogP contribution in [0.3, 0.4) is 0 Å². The molecule has 2 heterocycles. The fourth-order valence-electron chi connectivity index (χ4n) is 2.31. The molecule has 4 nitrogen and oxygen atoms in total. The maximum Gasteiger partial charge on any atom is 0.147 e. The second-order valence-electron chi connectivity index (χ2n) is 4.78. The summed E-state index contributed by atoms with van der Waals surface area (Å²) in [5, 5.41) is 4.61. The molecule has 2 aromatic heterocycles. The van der Waals surface area contributed by atoms with Gasteiger partial charge in [-0.2, -0.15) is 0 Å². The van der Waals surface area contributed by atoms with Gasteiger partial charge in [0.05, 0.1) is 6.54 Å². The first-order valence-electron chi connectivity index (χ1n) is 6.91. The van der Waals surface area contributed by atoms with E-state index in [4.69, 9.17) is 0 Å². The molecule has 3 aromatic rings. The number of nitrogens with zero attached hydrogens (tertiary/aromatic N) is 3. The molecule has 0 saturated carbocycles. The lowest BCUT2D eigenvalue weighted by atomic mass is 10.1. The molecular weight excluding hydrogens is 248 g/mol. The lowest BCUT2D eigenvalue weighted by molar-refractivity contribution is 0.726. The summed E-state index contributed by atoms with van der Waals surface area (Å²) in [7, 11) is 0. The van der Waals surface area contributed by atoms with Gasteiger partial charge < -0.3 is 9.88 Å². The van der Waals surface area contributed by atoms with Gasteiger partial charge in [0.15, 0.2) is 0 Å². The number of rotatable bonds is 5. The van der Waals surface area contributed by atoms with Crippen LogP contribution in [0.2, 0.25) is 0 Å². The number of nitrogens with one attached hydrogen (secondary N) is 1. The molecule has 0 saturated heterocycles. The van der Waals surface area contributed by atoms with Crippen molar-refractivity contribution in [2.45, 2.75) is 20.0 Å². The summed E-state index contributed by atoms with van der Waals surface area (Å²) >= 11 is 0. The molecule has 4 heteroatoms. The topological polar surface area (TPSA) is 42.7 Å². The lowest BCUT2D eigenvalue weighted by Crippen LogP contribution is -2.11. The number of benzene rings is 1. The van der Waals surface area contributed by atoms with Crippen LogP contribution in [0.5, 0.6) is 0 Å². The summed E-state index contributed by atoms with van der Waals surface area (Å²) in [5.41, 5.74) is 2.53. The minimum Gasteiger partial charge on any atom is -0.340 e. The van der Waals surface area contributed by atoms with Gasteiger partial charge >= 0.3 is 0 Å². The molecule has 0 spiro atoms. The molecule has 0 fully saturated rings. The Kier molecular flexibility index (Phi) is 3.74. The Labute approximate surface area is 118 Å². The lowest BCUT2D eigenvalue weighted by Gasteiger charge is -2.06. The Morgan fingerprint density at radius 1 is 1.15 bits per heavy atom. The predicted octanol–water partition coefficient (Wildman–Crippen LogP) is 2.59. The number of fused-ring (bicyclic) bond motifs is 1. The van der Waals surface area contributed by atoms with E-state index in [-0.39, 0.29) is 0 Å². The molecule has 0 unspecified atom stereocenters. The van der Waals surface area contributed by atoms with Gasteiger partial charge in [0.2, 0.25) is 0 Å². The van der Waals surface area contributed by atoms with Crippen LogP contribution in [-0.2, 0) is 13.1 Å². The highest BCUT2D eigenvalue weighted by Gasteiger charge is 2.04. The Bertz CT molecular complexity index is 688. The Hall–Kier alpha value is -2.20. The first-order chi connectivity index (χ1) is 9.86. The third-order valence-corrected chi connectivity index (χ3v) is 3.35.